The first-order valence-electron chi connectivity index (χ1n) is 5.32. The Kier molecular flexibility index (Phi) is 1.58. The summed E-state index contributed by atoms with van der Waals surface area (Å²) in [4.78, 5) is 11.0. The van der Waals surface area contributed by atoms with Gasteiger partial charge in [-0.2, -0.15) is 0 Å². The molecule has 0 radical (unpaired) electrons. The third-order valence-corrected chi connectivity index (χ3v) is 3.53. The molecule has 3 nitrogen and oxygen atoms in total. The summed E-state index contributed by atoms with van der Waals surface area (Å²) in [6, 6.07) is 1.95. The van der Waals surface area contributed by atoms with Crippen LogP contribution < -0.4 is 4.90 Å². The first-order chi connectivity index (χ1) is 6.77. The van der Waals surface area contributed by atoms with Crippen molar-refractivity contribution in [3.05, 3.63) is 18.0 Å². The van der Waals surface area contributed by atoms with E-state index in [0.29, 0.717) is 5.41 Å². The minimum atomic E-state index is 0.660. The molecule has 2 aliphatic rings. The zero-order valence-corrected chi connectivity index (χ0v) is 8.53. The highest BCUT2D eigenvalue weighted by Gasteiger charge is 2.48. The lowest BCUT2D eigenvalue weighted by atomic mass is 9.64. The summed E-state index contributed by atoms with van der Waals surface area (Å²) in [5, 5.41) is 0. The fourth-order valence-corrected chi connectivity index (χ4v) is 2.49. The van der Waals surface area contributed by atoms with E-state index in [1.54, 1.807) is 0 Å². The van der Waals surface area contributed by atoms with Crippen molar-refractivity contribution < 1.29 is 0 Å². The third-order valence-electron chi connectivity index (χ3n) is 3.53. The standard InChI is InChI=1S/C11H15N3/c1-9-3-6-12-10(13-9)14-7-11(8-14)4-2-5-11/h3,6H,2,4-5,7-8H2,1H3. The topological polar surface area (TPSA) is 29.0 Å². The summed E-state index contributed by atoms with van der Waals surface area (Å²) < 4.78 is 0. The number of hydrogen-bond acceptors (Lipinski definition) is 3. The van der Waals surface area contributed by atoms with Crippen molar-refractivity contribution in [1.29, 1.82) is 0 Å². The lowest BCUT2D eigenvalue weighted by Crippen LogP contribution is -2.60. The Hall–Kier alpha value is -1.12. The molecule has 1 aliphatic carbocycles. The van der Waals surface area contributed by atoms with Crippen LogP contribution >= 0.6 is 0 Å². The second-order valence-electron chi connectivity index (χ2n) is 4.71. The Labute approximate surface area is 84.2 Å². The van der Waals surface area contributed by atoms with Gasteiger partial charge in [-0.3, -0.25) is 0 Å². The van der Waals surface area contributed by atoms with E-state index < -0.39 is 0 Å². The molecular formula is C11H15N3. The van der Waals surface area contributed by atoms with E-state index >= 15 is 0 Å². The second-order valence-corrected chi connectivity index (χ2v) is 4.71. The van der Waals surface area contributed by atoms with E-state index in [9.17, 15) is 0 Å². The lowest BCUT2D eigenvalue weighted by Gasteiger charge is -2.55. The van der Waals surface area contributed by atoms with Crippen molar-refractivity contribution in [2.24, 2.45) is 5.41 Å². The molecule has 1 aromatic rings. The van der Waals surface area contributed by atoms with Gasteiger partial charge in [-0.1, -0.05) is 6.42 Å². The van der Waals surface area contributed by atoms with Crippen LogP contribution in [0.25, 0.3) is 0 Å². The van der Waals surface area contributed by atoms with Crippen LogP contribution in [0.5, 0.6) is 0 Å². The molecule has 0 amide bonds. The molecule has 3 heteroatoms. The molecule has 1 saturated heterocycles. The van der Waals surface area contributed by atoms with Crippen molar-refractivity contribution >= 4 is 5.95 Å². The number of rotatable bonds is 1. The molecule has 14 heavy (non-hydrogen) atoms. The van der Waals surface area contributed by atoms with Crippen molar-refractivity contribution in [2.75, 3.05) is 18.0 Å². The molecule has 74 valence electrons. The molecule has 1 aromatic heterocycles. The summed E-state index contributed by atoms with van der Waals surface area (Å²) >= 11 is 0. The smallest absolute Gasteiger partial charge is 0.225 e. The molecule has 0 unspecified atom stereocenters. The second kappa shape index (κ2) is 2.69. The van der Waals surface area contributed by atoms with Crippen LogP contribution in [0.1, 0.15) is 25.0 Å². The average molecular weight is 189 g/mol. The van der Waals surface area contributed by atoms with Gasteiger partial charge in [-0.25, -0.2) is 9.97 Å². The van der Waals surface area contributed by atoms with Gasteiger partial charge in [0, 0.05) is 30.4 Å². The number of aryl methyl sites for hydroxylation is 1. The maximum atomic E-state index is 4.43. The average Bonchev–Trinajstić information content (AvgIpc) is 1.98. The fourth-order valence-electron chi connectivity index (χ4n) is 2.49. The van der Waals surface area contributed by atoms with Crippen LogP contribution in [-0.2, 0) is 0 Å². The SMILES string of the molecule is Cc1ccnc(N2CC3(CCC3)C2)n1. The Morgan fingerprint density at radius 2 is 2.14 bits per heavy atom. The highest BCUT2D eigenvalue weighted by atomic mass is 15.3. The van der Waals surface area contributed by atoms with Gasteiger partial charge in [0.05, 0.1) is 0 Å². The molecule has 0 atom stereocenters. The maximum absolute atomic E-state index is 4.43. The van der Waals surface area contributed by atoms with Crippen LogP contribution in [-0.4, -0.2) is 23.1 Å². The van der Waals surface area contributed by atoms with Crippen LogP contribution in [0.3, 0.4) is 0 Å². The van der Waals surface area contributed by atoms with Gasteiger partial charge in [0.1, 0.15) is 0 Å². The van der Waals surface area contributed by atoms with Gasteiger partial charge < -0.3 is 4.90 Å². The van der Waals surface area contributed by atoms with E-state index in [-0.39, 0.29) is 0 Å². The first-order valence-corrected chi connectivity index (χ1v) is 5.32. The minimum absolute atomic E-state index is 0.660. The van der Waals surface area contributed by atoms with Gasteiger partial charge >= 0.3 is 0 Å². The third kappa shape index (κ3) is 1.11. The van der Waals surface area contributed by atoms with Crippen LogP contribution in [0.15, 0.2) is 12.3 Å². The number of nitrogens with zero attached hydrogens (tertiary/aromatic N) is 3. The van der Waals surface area contributed by atoms with Crippen molar-refractivity contribution in [1.82, 2.24) is 9.97 Å². The molecule has 2 fully saturated rings. The van der Waals surface area contributed by atoms with E-state index in [1.807, 2.05) is 19.2 Å². The van der Waals surface area contributed by atoms with E-state index in [2.05, 4.69) is 14.9 Å². The molecule has 1 spiro atoms. The normalized spacial score (nSPS) is 23.1. The number of aromatic nitrogens is 2. The largest absolute Gasteiger partial charge is 0.340 e. The molecule has 0 aromatic carbocycles. The maximum Gasteiger partial charge on any atom is 0.225 e. The Bertz CT molecular complexity index is 349. The summed E-state index contributed by atoms with van der Waals surface area (Å²) in [6.07, 6.45) is 6.09. The summed E-state index contributed by atoms with van der Waals surface area (Å²) in [7, 11) is 0. The summed E-state index contributed by atoms with van der Waals surface area (Å²) in [5.74, 6) is 0.919. The van der Waals surface area contributed by atoms with E-state index in [4.69, 9.17) is 0 Å². The van der Waals surface area contributed by atoms with Gasteiger partial charge in [0.2, 0.25) is 5.95 Å². The number of hydrogen-bond donors (Lipinski definition) is 0. The fraction of sp³-hybridized carbons (Fsp3) is 0.636. The molecule has 0 N–H and O–H groups in total. The molecular weight excluding hydrogens is 174 g/mol. The van der Waals surface area contributed by atoms with E-state index in [1.165, 1.54) is 32.4 Å². The highest BCUT2D eigenvalue weighted by molar-refractivity contribution is 5.37. The van der Waals surface area contributed by atoms with Gasteiger partial charge in [-0.15, -0.1) is 0 Å². The molecule has 2 heterocycles. The minimum Gasteiger partial charge on any atom is -0.340 e. The van der Waals surface area contributed by atoms with Gasteiger partial charge in [0.15, 0.2) is 0 Å². The zero-order valence-electron chi connectivity index (χ0n) is 8.53. The van der Waals surface area contributed by atoms with Crippen molar-refractivity contribution in [3.8, 4) is 0 Å². The first kappa shape index (κ1) is 8.21. The Balaban J connectivity index is 1.73. The molecule has 3 rings (SSSR count). The van der Waals surface area contributed by atoms with Gasteiger partial charge in [-0.05, 0) is 25.8 Å². The quantitative estimate of drug-likeness (QED) is 0.674. The zero-order chi connectivity index (χ0) is 9.60. The Morgan fingerprint density at radius 3 is 2.71 bits per heavy atom. The predicted molar refractivity (Wildman–Crippen MR) is 55.3 cm³/mol. The van der Waals surface area contributed by atoms with Crippen LogP contribution in [0.4, 0.5) is 5.95 Å². The summed E-state index contributed by atoms with van der Waals surface area (Å²) in [6.45, 7) is 4.37. The summed E-state index contributed by atoms with van der Waals surface area (Å²) in [5.41, 5.74) is 1.72. The van der Waals surface area contributed by atoms with Crippen LogP contribution in [0.2, 0.25) is 0 Å². The molecule has 1 aliphatic heterocycles. The van der Waals surface area contributed by atoms with Crippen molar-refractivity contribution in [3.63, 3.8) is 0 Å². The van der Waals surface area contributed by atoms with Crippen molar-refractivity contribution in [2.45, 2.75) is 26.2 Å². The number of anilines is 1. The lowest BCUT2D eigenvalue weighted by molar-refractivity contribution is 0.0888. The Morgan fingerprint density at radius 1 is 1.36 bits per heavy atom. The monoisotopic (exact) mass is 189 g/mol. The molecule has 0 bridgehead atoms. The molecule has 1 saturated carbocycles. The van der Waals surface area contributed by atoms with E-state index in [0.717, 1.165) is 11.6 Å². The predicted octanol–water partition coefficient (Wildman–Crippen LogP) is 1.78. The van der Waals surface area contributed by atoms with Gasteiger partial charge in [0.25, 0.3) is 0 Å². The van der Waals surface area contributed by atoms with Crippen LogP contribution in [0, 0.1) is 12.3 Å². The highest BCUT2D eigenvalue weighted by Crippen LogP contribution is 2.48.